The summed E-state index contributed by atoms with van der Waals surface area (Å²) in [6.07, 6.45) is 0.856. The molecule has 1 aromatic heterocycles. The number of amides is 2. The smallest absolute Gasteiger partial charge is 0.256 e. The third-order valence-corrected chi connectivity index (χ3v) is 3.88. The Kier molecular flexibility index (Phi) is 5.11. The molecule has 0 saturated heterocycles. The van der Waals surface area contributed by atoms with Crippen LogP contribution in [-0.4, -0.2) is 17.9 Å². The van der Waals surface area contributed by atoms with Crippen molar-refractivity contribution >= 4 is 28.8 Å². The summed E-state index contributed by atoms with van der Waals surface area (Å²) in [6, 6.07) is 8.87. The number of anilines is 1. The van der Waals surface area contributed by atoms with Crippen LogP contribution in [0.1, 0.15) is 41.0 Å². The van der Waals surface area contributed by atoms with Gasteiger partial charge in [0.1, 0.15) is 0 Å². The number of nitrogens with one attached hydrogen (secondary N) is 2. The molecule has 1 heterocycles. The second kappa shape index (κ2) is 7.04. The first-order valence-electron chi connectivity index (χ1n) is 6.85. The fraction of sp³-hybridized carbons (Fsp3) is 0.250. The molecule has 2 amide bonds. The highest BCUT2D eigenvalue weighted by Gasteiger charge is 2.15. The maximum Gasteiger partial charge on any atom is 0.256 e. The average Bonchev–Trinajstić information content (AvgIpc) is 3.01. The highest BCUT2D eigenvalue weighted by atomic mass is 32.1. The summed E-state index contributed by atoms with van der Waals surface area (Å²) in [5.74, 6) is -0.384. The predicted molar refractivity (Wildman–Crippen MR) is 85.9 cm³/mol. The van der Waals surface area contributed by atoms with Gasteiger partial charge in [-0.15, -0.1) is 0 Å². The Labute approximate surface area is 128 Å². The highest BCUT2D eigenvalue weighted by molar-refractivity contribution is 7.08. The van der Waals surface area contributed by atoms with Gasteiger partial charge in [-0.2, -0.15) is 11.3 Å². The molecule has 0 saturated carbocycles. The molecule has 110 valence electrons. The molecule has 0 aliphatic carbocycles. The normalized spacial score (nSPS) is 11.7. The molecule has 21 heavy (non-hydrogen) atoms. The van der Waals surface area contributed by atoms with E-state index in [9.17, 15) is 9.59 Å². The third-order valence-electron chi connectivity index (χ3n) is 3.19. The van der Waals surface area contributed by atoms with Crippen LogP contribution in [0.15, 0.2) is 41.1 Å². The number of benzene rings is 1. The summed E-state index contributed by atoms with van der Waals surface area (Å²) in [5, 5.41) is 9.32. The molecule has 0 bridgehead atoms. The molecule has 5 heteroatoms. The van der Waals surface area contributed by atoms with Gasteiger partial charge in [0.05, 0.1) is 16.8 Å². The van der Waals surface area contributed by atoms with E-state index in [4.69, 9.17) is 0 Å². The van der Waals surface area contributed by atoms with E-state index >= 15 is 0 Å². The van der Waals surface area contributed by atoms with Crippen LogP contribution in [-0.2, 0) is 0 Å². The zero-order valence-corrected chi connectivity index (χ0v) is 12.9. The molecule has 0 aliphatic rings. The Bertz CT molecular complexity index is 623. The van der Waals surface area contributed by atoms with E-state index in [1.807, 2.05) is 19.2 Å². The van der Waals surface area contributed by atoms with Gasteiger partial charge < -0.3 is 10.6 Å². The van der Waals surface area contributed by atoms with Gasteiger partial charge in [-0.05, 0) is 36.9 Å². The van der Waals surface area contributed by atoms with Crippen LogP contribution in [0, 0.1) is 0 Å². The van der Waals surface area contributed by atoms with Crippen molar-refractivity contribution in [3.8, 4) is 0 Å². The summed E-state index contributed by atoms with van der Waals surface area (Å²) in [4.78, 5) is 24.3. The minimum Gasteiger partial charge on any atom is -0.350 e. The van der Waals surface area contributed by atoms with Crippen molar-refractivity contribution in [2.45, 2.75) is 26.3 Å². The second-order valence-corrected chi connectivity index (χ2v) is 5.57. The number of rotatable bonds is 5. The molecule has 0 aliphatic heterocycles. The Morgan fingerprint density at radius 3 is 2.62 bits per heavy atom. The molecule has 2 N–H and O–H groups in total. The van der Waals surface area contributed by atoms with E-state index in [1.54, 1.807) is 35.7 Å². The molecule has 2 aromatic rings. The highest BCUT2D eigenvalue weighted by Crippen LogP contribution is 2.17. The Balaban J connectivity index is 2.17. The quantitative estimate of drug-likeness (QED) is 0.887. The summed E-state index contributed by atoms with van der Waals surface area (Å²) >= 11 is 1.46. The first kappa shape index (κ1) is 15.3. The van der Waals surface area contributed by atoms with E-state index < -0.39 is 0 Å². The van der Waals surface area contributed by atoms with Gasteiger partial charge in [-0.1, -0.05) is 19.1 Å². The lowest BCUT2D eigenvalue weighted by Gasteiger charge is -2.14. The predicted octanol–water partition coefficient (Wildman–Crippen LogP) is 3.53. The lowest BCUT2D eigenvalue weighted by molar-refractivity contribution is 0.0940. The molecule has 1 aromatic carbocycles. The van der Waals surface area contributed by atoms with E-state index in [0.717, 1.165) is 6.42 Å². The van der Waals surface area contributed by atoms with Crippen molar-refractivity contribution in [1.82, 2.24) is 5.32 Å². The van der Waals surface area contributed by atoms with Crippen LogP contribution in [0.5, 0.6) is 0 Å². The van der Waals surface area contributed by atoms with Gasteiger partial charge in [0, 0.05) is 11.4 Å². The molecule has 0 radical (unpaired) electrons. The number of thiophene rings is 1. The van der Waals surface area contributed by atoms with Gasteiger partial charge in [0.2, 0.25) is 0 Å². The summed E-state index contributed by atoms with van der Waals surface area (Å²) in [6.45, 7) is 3.96. The van der Waals surface area contributed by atoms with Crippen LogP contribution >= 0.6 is 11.3 Å². The van der Waals surface area contributed by atoms with Crippen LogP contribution in [0.3, 0.4) is 0 Å². The van der Waals surface area contributed by atoms with Gasteiger partial charge >= 0.3 is 0 Å². The van der Waals surface area contributed by atoms with Crippen molar-refractivity contribution in [3.63, 3.8) is 0 Å². The SMILES string of the molecule is CCC(C)NC(=O)c1ccccc1NC(=O)c1ccsc1. The first-order chi connectivity index (χ1) is 10.1. The minimum atomic E-state index is -0.208. The zero-order chi connectivity index (χ0) is 15.2. The number of hydrogen-bond donors (Lipinski definition) is 2. The summed E-state index contributed by atoms with van der Waals surface area (Å²) in [7, 11) is 0. The van der Waals surface area contributed by atoms with Crippen molar-refractivity contribution in [1.29, 1.82) is 0 Å². The van der Waals surface area contributed by atoms with Crippen molar-refractivity contribution < 1.29 is 9.59 Å². The second-order valence-electron chi connectivity index (χ2n) is 4.79. The lowest BCUT2D eigenvalue weighted by Crippen LogP contribution is -2.32. The molecule has 1 atom stereocenters. The van der Waals surface area contributed by atoms with Crippen LogP contribution in [0.25, 0.3) is 0 Å². The van der Waals surface area contributed by atoms with Crippen LogP contribution in [0.4, 0.5) is 5.69 Å². The third kappa shape index (κ3) is 3.92. The fourth-order valence-corrected chi connectivity index (χ4v) is 2.42. The topological polar surface area (TPSA) is 58.2 Å². The van der Waals surface area contributed by atoms with Crippen molar-refractivity contribution in [2.24, 2.45) is 0 Å². The standard InChI is InChI=1S/C16H18N2O2S/c1-3-11(2)17-16(20)13-6-4-5-7-14(13)18-15(19)12-8-9-21-10-12/h4-11H,3H2,1-2H3,(H,17,20)(H,18,19). The Hall–Kier alpha value is -2.14. The molecule has 0 fully saturated rings. The number of hydrogen-bond acceptors (Lipinski definition) is 3. The van der Waals surface area contributed by atoms with Gasteiger partial charge in [0.15, 0.2) is 0 Å². The zero-order valence-electron chi connectivity index (χ0n) is 12.1. The average molecular weight is 302 g/mol. The Morgan fingerprint density at radius 1 is 1.19 bits per heavy atom. The maximum atomic E-state index is 12.2. The number of para-hydroxylation sites is 1. The number of carbonyl (C=O) groups excluding carboxylic acids is 2. The molecule has 1 unspecified atom stereocenters. The van der Waals surface area contributed by atoms with Crippen molar-refractivity contribution in [3.05, 3.63) is 52.2 Å². The summed E-state index contributed by atoms with van der Waals surface area (Å²) in [5.41, 5.74) is 1.59. The van der Waals surface area contributed by atoms with Gasteiger partial charge in [-0.3, -0.25) is 9.59 Å². The fourth-order valence-electron chi connectivity index (χ4n) is 1.78. The van der Waals surface area contributed by atoms with Crippen molar-refractivity contribution in [2.75, 3.05) is 5.32 Å². The molecule has 2 rings (SSSR count). The lowest BCUT2D eigenvalue weighted by atomic mass is 10.1. The largest absolute Gasteiger partial charge is 0.350 e. The molecular formula is C16H18N2O2S. The molecule has 0 spiro atoms. The minimum absolute atomic E-state index is 0.0955. The van der Waals surface area contributed by atoms with E-state index in [0.29, 0.717) is 16.8 Å². The van der Waals surface area contributed by atoms with Crippen LogP contribution < -0.4 is 10.6 Å². The van der Waals surface area contributed by atoms with Crippen LogP contribution in [0.2, 0.25) is 0 Å². The number of carbonyl (C=O) groups is 2. The molecular weight excluding hydrogens is 284 g/mol. The first-order valence-corrected chi connectivity index (χ1v) is 7.79. The van der Waals surface area contributed by atoms with E-state index in [-0.39, 0.29) is 17.9 Å². The van der Waals surface area contributed by atoms with Gasteiger partial charge in [-0.25, -0.2) is 0 Å². The Morgan fingerprint density at radius 2 is 1.95 bits per heavy atom. The van der Waals surface area contributed by atoms with Gasteiger partial charge in [0.25, 0.3) is 11.8 Å². The van der Waals surface area contributed by atoms with E-state index in [1.165, 1.54) is 11.3 Å². The molecule has 4 nitrogen and oxygen atoms in total. The summed E-state index contributed by atoms with van der Waals surface area (Å²) < 4.78 is 0. The maximum absolute atomic E-state index is 12.2. The monoisotopic (exact) mass is 302 g/mol. The van der Waals surface area contributed by atoms with E-state index in [2.05, 4.69) is 10.6 Å².